The number of aryl methyl sites for hydroxylation is 1. The third kappa shape index (κ3) is 3.28. The fourth-order valence-electron chi connectivity index (χ4n) is 2.01. The fourth-order valence-corrected chi connectivity index (χ4v) is 2.01. The molecule has 21 heavy (non-hydrogen) atoms. The maximum atomic E-state index is 12.0. The highest BCUT2D eigenvalue weighted by molar-refractivity contribution is 6.04. The van der Waals surface area contributed by atoms with E-state index in [1.165, 1.54) is 6.20 Å². The Morgan fingerprint density at radius 1 is 1.24 bits per heavy atom. The number of carbonyl (C=O) groups excluding carboxylic acids is 2. The van der Waals surface area contributed by atoms with Crippen molar-refractivity contribution in [2.75, 3.05) is 10.6 Å². The molecule has 2 aromatic rings. The van der Waals surface area contributed by atoms with Crippen LogP contribution in [0.1, 0.15) is 23.2 Å². The van der Waals surface area contributed by atoms with Crippen LogP contribution in [0.15, 0.2) is 36.7 Å². The lowest BCUT2D eigenvalue weighted by molar-refractivity contribution is -0.117. The van der Waals surface area contributed by atoms with Crippen LogP contribution < -0.4 is 10.6 Å². The predicted molar refractivity (Wildman–Crippen MR) is 79.0 cm³/mol. The molecule has 0 radical (unpaired) electrons. The van der Waals surface area contributed by atoms with Gasteiger partial charge in [-0.2, -0.15) is 5.10 Å². The molecule has 0 bridgehead atoms. The van der Waals surface area contributed by atoms with Crippen molar-refractivity contribution in [3.63, 3.8) is 0 Å². The largest absolute Gasteiger partial charge is 0.326 e. The third-order valence-electron chi connectivity index (χ3n) is 3.30. The Hall–Kier alpha value is -2.63. The van der Waals surface area contributed by atoms with Gasteiger partial charge in [0, 0.05) is 30.5 Å². The summed E-state index contributed by atoms with van der Waals surface area (Å²) in [5, 5.41) is 9.60. The van der Waals surface area contributed by atoms with Gasteiger partial charge in [0.05, 0.1) is 11.8 Å². The molecule has 1 aromatic heterocycles. The van der Waals surface area contributed by atoms with Crippen LogP contribution in [0.5, 0.6) is 0 Å². The molecule has 108 valence electrons. The highest BCUT2D eigenvalue weighted by Gasteiger charge is 2.29. The van der Waals surface area contributed by atoms with E-state index in [-0.39, 0.29) is 17.7 Å². The third-order valence-corrected chi connectivity index (χ3v) is 3.30. The normalized spacial score (nSPS) is 13.8. The molecule has 2 amide bonds. The van der Waals surface area contributed by atoms with Crippen LogP contribution in [0.3, 0.4) is 0 Å². The van der Waals surface area contributed by atoms with Gasteiger partial charge in [-0.1, -0.05) is 6.07 Å². The zero-order valence-electron chi connectivity index (χ0n) is 11.7. The molecule has 3 rings (SSSR count). The quantitative estimate of drug-likeness (QED) is 0.901. The highest BCUT2D eigenvalue weighted by Crippen LogP contribution is 2.30. The zero-order chi connectivity index (χ0) is 14.8. The topological polar surface area (TPSA) is 76.0 Å². The zero-order valence-corrected chi connectivity index (χ0v) is 11.7. The van der Waals surface area contributed by atoms with Gasteiger partial charge in [-0.15, -0.1) is 0 Å². The first-order chi connectivity index (χ1) is 10.1. The lowest BCUT2D eigenvalue weighted by atomic mass is 10.2. The lowest BCUT2D eigenvalue weighted by Gasteiger charge is -2.08. The van der Waals surface area contributed by atoms with Gasteiger partial charge < -0.3 is 10.6 Å². The molecule has 0 atom stereocenters. The van der Waals surface area contributed by atoms with Crippen LogP contribution in [-0.2, 0) is 11.8 Å². The Bertz CT molecular complexity index is 688. The van der Waals surface area contributed by atoms with Crippen LogP contribution in [0, 0.1) is 5.92 Å². The summed E-state index contributed by atoms with van der Waals surface area (Å²) in [7, 11) is 1.75. The molecule has 0 aliphatic heterocycles. The Morgan fingerprint density at radius 3 is 2.57 bits per heavy atom. The summed E-state index contributed by atoms with van der Waals surface area (Å²) in [6.45, 7) is 0. The van der Waals surface area contributed by atoms with Gasteiger partial charge in [0.2, 0.25) is 5.91 Å². The fraction of sp³-hybridized carbons (Fsp3) is 0.267. The average Bonchev–Trinajstić information content (AvgIpc) is 3.21. The van der Waals surface area contributed by atoms with Crippen LogP contribution >= 0.6 is 0 Å². The summed E-state index contributed by atoms with van der Waals surface area (Å²) >= 11 is 0. The number of hydrogen-bond acceptors (Lipinski definition) is 3. The van der Waals surface area contributed by atoms with Gasteiger partial charge in [0.1, 0.15) is 0 Å². The van der Waals surface area contributed by atoms with Gasteiger partial charge in [0.25, 0.3) is 5.91 Å². The van der Waals surface area contributed by atoms with E-state index in [0.717, 1.165) is 12.8 Å². The summed E-state index contributed by atoms with van der Waals surface area (Å²) in [6.07, 6.45) is 5.08. The number of amides is 2. The molecule has 0 unspecified atom stereocenters. The van der Waals surface area contributed by atoms with E-state index in [1.807, 2.05) is 0 Å². The maximum Gasteiger partial charge on any atom is 0.258 e. The molecular formula is C15H16N4O2. The monoisotopic (exact) mass is 284 g/mol. The minimum absolute atomic E-state index is 0.0470. The van der Waals surface area contributed by atoms with Crippen molar-refractivity contribution in [2.45, 2.75) is 12.8 Å². The van der Waals surface area contributed by atoms with Crippen molar-refractivity contribution in [1.29, 1.82) is 0 Å². The van der Waals surface area contributed by atoms with E-state index >= 15 is 0 Å². The molecule has 1 aromatic carbocycles. The van der Waals surface area contributed by atoms with E-state index in [2.05, 4.69) is 15.7 Å². The number of rotatable bonds is 4. The first-order valence-corrected chi connectivity index (χ1v) is 6.83. The summed E-state index contributed by atoms with van der Waals surface area (Å²) < 4.78 is 1.57. The summed E-state index contributed by atoms with van der Waals surface area (Å²) in [5.41, 5.74) is 1.82. The molecule has 1 aliphatic rings. The van der Waals surface area contributed by atoms with Crippen molar-refractivity contribution in [3.05, 3.63) is 42.2 Å². The van der Waals surface area contributed by atoms with E-state index in [1.54, 1.807) is 42.2 Å². The number of nitrogens with zero attached hydrogens (tertiary/aromatic N) is 2. The number of benzene rings is 1. The van der Waals surface area contributed by atoms with Crippen molar-refractivity contribution < 1.29 is 9.59 Å². The van der Waals surface area contributed by atoms with Crippen molar-refractivity contribution >= 4 is 23.2 Å². The molecule has 1 fully saturated rings. The Morgan fingerprint density at radius 2 is 1.95 bits per heavy atom. The average molecular weight is 284 g/mol. The second kappa shape index (κ2) is 5.40. The molecule has 1 aliphatic carbocycles. The molecule has 1 saturated carbocycles. The van der Waals surface area contributed by atoms with Gasteiger partial charge >= 0.3 is 0 Å². The molecule has 0 saturated heterocycles. The highest BCUT2D eigenvalue weighted by atomic mass is 16.2. The molecule has 6 nitrogen and oxygen atoms in total. The first kappa shape index (κ1) is 13.4. The molecular weight excluding hydrogens is 268 g/mol. The first-order valence-electron chi connectivity index (χ1n) is 6.83. The van der Waals surface area contributed by atoms with Gasteiger partial charge in [-0.25, -0.2) is 0 Å². The van der Waals surface area contributed by atoms with Crippen LogP contribution in [0.4, 0.5) is 11.4 Å². The summed E-state index contributed by atoms with van der Waals surface area (Å²) in [4.78, 5) is 23.8. The van der Waals surface area contributed by atoms with Gasteiger partial charge in [0.15, 0.2) is 0 Å². The van der Waals surface area contributed by atoms with Crippen molar-refractivity contribution in [2.24, 2.45) is 13.0 Å². The Balaban J connectivity index is 1.67. The summed E-state index contributed by atoms with van der Waals surface area (Å²) in [6, 6.07) is 7.12. The molecule has 2 N–H and O–H groups in total. The van der Waals surface area contributed by atoms with Crippen molar-refractivity contribution in [3.8, 4) is 0 Å². The molecule has 1 heterocycles. The number of aromatic nitrogens is 2. The van der Waals surface area contributed by atoms with Crippen molar-refractivity contribution in [1.82, 2.24) is 9.78 Å². The van der Waals surface area contributed by atoms with Gasteiger partial charge in [-0.3, -0.25) is 14.3 Å². The molecule has 6 heteroatoms. The Labute approximate surface area is 122 Å². The standard InChI is InChI=1S/C15H16N4O2/c1-19-9-11(8-16-19)15(21)18-13-4-2-3-12(7-13)17-14(20)10-5-6-10/h2-4,7-10H,5-6H2,1H3,(H,17,20)(H,18,21). The second-order valence-electron chi connectivity index (χ2n) is 5.20. The Kier molecular flexibility index (Phi) is 3.43. The van der Waals surface area contributed by atoms with Crippen LogP contribution in [0.25, 0.3) is 0 Å². The number of nitrogens with one attached hydrogen (secondary N) is 2. The maximum absolute atomic E-state index is 12.0. The van der Waals surface area contributed by atoms with Gasteiger partial charge in [-0.05, 0) is 31.0 Å². The SMILES string of the molecule is Cn1cc(C(=O)Nc2cccc(NC(=O)C3CC3)c2)cn1. The summed E-state index contributed by atoms with van der Waals surface area (Å²) in [5.74, 6) is -0.0295. The number of hydrogen-bond donors (Lipinski definition) is 2. The minimum Gasteiger partial charge on any atom is -0.326 e. The van der Waals surface area contributed by atoms with E-state index in [9.17, 15) is 9.59 Å². The number of anilines is 2. The molecule has 0 spiro atoms. The second-order valence-corrected chi connectivity index (χ2v) is 5.20. The predicted octanol–water partition coefficient (Wildman–Crippen LogP) is 2.02. The van der Waals surface area contributed by atoms with Crippen LogP contribution in [-0.4, -0.2) is 21.6 Å². The van der Waals surface area contributed by atoms with E-state index in [4.69, 9.17) is 0 Å². The lowest BCUT2D eigenvalue weighted by Crippen LogP contribution is -2.14. The smallest absolute Gasteiger partial charge is 0.258 e. The van der Waals surface area contributed by atoms with E-state index in [0.29, 0.717) is 16.9 Å². The van der Waals surface area contributed by atoms with E-state index < -0.39 is 0 Å². The van der Waals surface area contributed by atoms with Crippen LogP contribution in [0.2, 0.25) is 0 Å². The number of carbonyl (C=O) groups is 2. The minimum atomic E-state index is -0.228.